The van der Waals surface area contributed by atoms with Gasteiger partial charge in [-0.25, -0.2) is 0 Å². The summed E-state index contributed by atoms with van der Waals surface area (Å²) in [6, 6.07) is 6.91. The first-order chi connectivity index (χ1) is 10.5. The van der Waals surface area contributed by atoms with Crippen LogP contribution in [-0.2, 0) is 10.8 Å². The zero-order chi connectivity index (χ0) is 17.8. The third-order valence-electron chi connectivity index (χ3n) is 4.80. The minimum absolute atomic E-state index is 0.302. The van der Waals surface area contributed by atoms with E-state index in [1.54, 1.807) is 0 Å². The summed E-state index contributed by atoms with van der Waals surface area (Å²) in [5.41, 5.74) is 7.22. The summed E-state index contributed by atoms with van der Waals surface area (Å²) in [4.78, 5) is 0. The summed E-state index contributed by atoms with van der Waals surface area (Å²) in [6.07, 6.45) is 6.49. The Labute approximate surface area is 144 Å². The number of hydrogen-bond acceptors (Lipinski definition) is 0. The molecule has 2 rings (SSSR count). The Morgan fingerprint density at radius 1 is 0.957 bits per heavy atom. The van der Waals surface area contributed by atoms with E-state index in [2.05, 4.69) is 66.0 Å². The molecule has 0 saturated carbocycles. The quantitative estimate of drug-likeness (QED) is 0.506. The summed E-state index contributed by atoms with van der Waals surface area (Å²) in [5, 5.41) is 0. The van der Waals surface area contributed by atoms with Gasteiger partial charge in [0.25, 0.3) is 0 Å². The van der Waals surface area contributed by atoms with Crippen molar-refractivity contribution in [1.29, 1.82) is 0 Å². The first-order valence-corrected chi connectivity index (χ1v) is 8.60. The smallest absolute Gasteiger partial charge is 0.0100 e. The molecule has 0 atom stereocenters. The fraction of sp³-hybridized carbons (Fsp3) is 0.478. The molecule has 0 heterocycles. The van der Waals surface area contributed by atoms with Crippen LogP contribution < -0.4 is 0 Å². The zero-order valence-electron chi connectivity index (χ0n) is 16.2. The molecule has 1 aromatic rings. The molecule has 126 valence electrons. The highest BCUT2D eigenvalue weighted by Crippen LogP contribution is 2.46. The molecule has 1 aliphatic carbocycles. The summed E-state index contributed by atoms with van der Waals surface area (Å²) in [7, 11) is 0. The number of hydrogen-bond donors (Lipinski definition) is 0. The number of rotatable bonds is 2. The van der Waals surface area contributed by atoms with Gasteiger partial charge in [-0.2, -0.15) is 0 Å². The highest BCUT2D eigenvalue weighted by Gasteiger charge is 2.36. The van der Waals surface area contributed by atoms with Crippen molar-refractivity contribution in [3.05, 3.63) is 65.8 Å². The highest BCUT2D eigenvalue weighted by molar-refractivity contribution is 5.63. The molecule has 23 heavy (non-hydrogen) atoms. The van der Waals surface area contributed by atoms with E-state index in [1.165, 1.54) is 29.5 Å². The molecule has 0 unspecified atom stereocenters. The van der Waals surface area contributed by atoms with Crippen LogP contribution in [0, 0.1) is 0 Å². The SMILES string of the molecule is C=C(C)/C=C\C.C=C(C)c1ccc2c(c1)C(C)(C)CCC2(C)C. The van der Waals surface area contributed by atoms with E-state index in [-0.39, 0.29) is 0 Å². The Morgan fingerprint density at radius 3 is 1.87 bits per heavy atom. The molecule has 0 amide bonds. The van der Waals surface area contributed by atoms with Crippen molar-refractivity contribution in [2.45, 2.75) is 72.1 Å². The summed E-state index contributed by atoms with van der Waals surface area (Å²) in [6.45, 7) is 23.2. The van der Waals surface area contributed by atoms with Gasteiger partial charge in [0.2, 0.25) is 0 Å². The predicted octanol–water partition coefficient (Wildman–Crippen LogP) is 7.21. The first-order valence-electron chi connectivity index (χ1n) is 8.60. The van der Waals surface area contributed by atoms with Crippen LogP contribution in [0.2, 0.25) is 0 Å². The number of benzene rings is 1. The van der Waals surface area contributed by atoms with Crippen LogP contribution in [0.15, 0.2) is 49.1 Å². The van der Waals surface area contributed by atoms with Gasteiger partial charge in [0.05, 0.1) is 0 Å². The molecule has 0 spiro atoms. The van der Waals surface area contributed by atoms with E-state index < -0.39 is 0 Å². The summed E-state index contributed by atoms with van der Waals surface area (Å²) < 4.78 is 0. The molecule has 0 aliphatic heterocycles. The monoisotopic (exact) mass is 310 g/mol. The molecule has 0 heteroatoms. The first kappa shape index (κ1) is 19.5. The van der Waals surface area contributed by atoms with Crippen molar-refractivity contribution >= 4 is 5.57 Å². The molecule has 0 aromatic heterocycles. The maximum atomic E-state index is 4.06. The third-order valence-corrected chi connectivity index (χ3v) is 4.80. The fourth-order valence-electron chi connectivity index (χ4n) is 3.14. The van der Waals surface area contributed by atoms with Gasteiger partial charge in [-0.3, -0.25) is 0 Å². The molecule has 0 radical (unpaired) electrons. The minimum Gasteiger partial charge on any atom is -0.0961 e. The molecule has 1 aliphatic rings. The second-order valence-electron chi connectivity index (χ2n) is 8.15. The molecule has 0 bridgehead atoms. The van der Waals surface area contributed by atoms with Crippen LogP contribution in [0.3, 0.4) is 0 Å². The van der Waals surface area contributed by atoms with Gasteiger partial charge < -0.3 is 0 Å². The Bertz CT molecular complexity index is 609. The van der Waals surface area contributed by atoms with Gasteiger partial charge in [-0.05, 0) is 61.1 Å². The lowest BCUT2D eigenvalue weighted by Crippen LogP contribution is -2.33. The minimum atomic E-state index is 0.302. The van der Waals surface area contributed by atoms with Crippen LogP contribution in [0.4, 0.5) is 0 Å². The number of fused-ring (bicyclic) bond motifs is 1. The van der Waals surface area contributed by atoms with Gasteiger partial charge in [-0.15, -0.1) is 0 Å². The normalized spacial score (nSPS) is 17.9. The molecule has 1 aromatic carbocycles. The molecular formula is C23H34. The van der Waals surface area contributed by atoms with Gasteiger partial charge in [0, 0.05) is 0 Å². The van der Waals surface area contributed by atoms with Crippen molar-refractivity contribution in [2.24, 2.45) is 0 Å². The van der Waals surface area contributed by atoms with Crippen LogP contribution in [-0.4, -0.2) is 0 Å². The van der Waals surface area contributed by atoms with Crippen molar-refractivity contribution < 1.29 is 0 Å². The predicted molar refractivity (Wildman–Crippen MR) is 106 cm³/mol. The second kappa shape index (κ2) is 7.34. The topological polar surface area (TPSA) is 0 Å². The number of allylic oxidation sites excluding steroid dienone is 4. The fourth-order valence-corrected chi connectivity index (χ4v) is 3.14. The van der Waals surface area contributed by atoms with Gasteiger partial charge in [0.1, 0.15) is 0 Å². The van der Waals surface area contributed by atoms with Gasteiger partial charge in [0.15, 0.2) is 0 Å². The maximum Gasteiger partial charge on any atom is -0.0100 e. The van der Waals surface area contributed by atoms with E-state index in [9.17, 15) is 0 Å². The van der Waals surface area contributed by atoms with E-state index in [0.29, 0.717) is 10.8 Å². The Hall–Kier alpha value is -1.56. The zero-order valence-corrected chi connectivity index (χ0v) is 16.2. The van der Waals surface area contributed by atoms with Crippen LogP contribution >= 0.6 is 0 Å². The van der Waals surface area contributed by atoms with E-state index in [0.717, 1.165) is 11.1 Å². The van der Waals surface area contributed by atoms with E-state index in [1.807, 2.05) is 26.0 Å². The van der Waals surface area contributed by atoms with Crippen molar-refractivity contribution in [2.75, 3.05) is 0 Å². The summed E-state index contributed by atoms with van der Waals surface area (Å²) in [5.74, 6) is 0. The maximum absolute atomic E-state index is 4.06. The average molecular weight is 311 g/mol. The van der Waals surface area contributed by atoms with E-state index >= 15 is 0 Å². The molecule has 0 N–H and O–H groups in total. The third kappa shape index (κ3) is 4.96. The van der Waals surface area contributed by atoms with Gasteiger partial charge >= 0.3 is 0 Å². The van der Waals surface area contributed by atoms with Crippen LogP contribution in [0.5, 0.6) is 0 Å². The van der Waals surface area contributed by atoms with E-state index in [4.69, 9.17) is 0 Å². The largest absolute Gasteiger partial charge is 0.0961 e. The molecular weight excluding hydrogens is 276 g/mol. The molecule has 0 fully saturated rings. The van der Waals surface area contributed by atoms with Crippen molar-refractivity contribution in [1.82, 2.24) is 0 Å². The standard InChI is InChI=1S/C17H24.C6H10/c1-12(2)13-7-8-14-15(11-13)17(5,6)10-9-16(14,3)4;1-4-5-6(2)3/h7-8,11H,1,9-10H2,2-6H3;4-5H,2H2,1,3H3/b;5-4-. The Morgan fingerprint density at radius 2 is 1.48 bits per heavy atom. The Balaban J connectivity index is 0.000000379. The van der Waals surface area contributed by atoms with Crippen molar-refractivity contribution in [3.8, 4) is 0 Å². The second-order valence-corrected chi connectivity index (χ2v) is 8.15. The van der Waals surface area contributed by atoms with Crippen LogP contribution in [0.1, 0.15) is 78.0 Å². The Kier molecular flexibility index (Phi) is 6.22. The van der Waals surface area contributed by atoms with Crippen LogP contribution in [0.25, 0.3) is 5.57 Å². The lowest BCUT2D eigenvalue weighted by molar-refractivity contribution is 0.332. The molecule has 0 saturated heterocycles. The molecule has 0 nitrogen and oxygen atoms in total. The average Bonchev–Trinajstić information content (AvgIpc) is 2.44. The summed E-state index contributed by atoms with van der Waals surface area (Å²) >= 11 is 0. The lowest BCUT2D eigenvalue weighted by atomic mass is 9.63. The van der Waals surface area contributed by atoms with Crippen molar-refractivity contribution in [3.63, 3.8) is 0 Å². The van der Waals surface area contributed by atoms with Gasteiger partial charge in [-0.1, -0.05) is 82.4 Å². The lowest BCUT2D eigenvalue weighted by Gasteiger charge is -2.42. The highest BCUT2D eigenvalue weighted by atomic mass is 14.4.